The van der Waals surface area contributed by atoms with Gasteiger partial charge in [-0.2, -0.15) is 9.97 Å². The Hall–Kier alpha value is -1.56. The average Bonchev–Trinajstić information content (AvgIpc) is 2.43. The molecule has 1 aromatic heterocycles. The van der Waals surface area contributed by atoms with E-state index in [-0.39, 0.29) is 27.9 Å². The lowest BCUT2D eigenvalue weighted by molar-refractivity contribution is 0.155. The molecule has 0 saturated heterocycles. The lowest BCUT2D eigenvalue weighted by atomic mass is 10.2. The lowest BCUT2D eigenvalue weighted by Gasteiger charge is -2.07. The van der Waals surface area contributed by atoms with Crippen LogP contribution in [0, 0.1) is 0 Å². The number of halogens is 3. The van der Waals surface area contributed by atoms with Crippen LogP contribution in [0.2, 0.25) is 15.3 Å². The lowest BCUT2D eigenvalue weighted by Crippen LogP contribution is -2.15. The minimum atomic E-state index is -0.719. The molecule has 104 valence electrons. The highest BCUT2D eigenvalue weighted by Gasteiger charge is 2.12. The highest BCUT2D eigenvalue weighted by Crippen LogP contribution is 2.27. The molecule has 5 nitrogen and oxygen atoms in total. The average molecular weight is 333 g/mol. The van der Waals surface area contributed by atoms with Crippen LogP contribution in [0.25, 0.3) is 0 Å². The van der Waals surface area contributed by atoms with Crippen molar-refractivity contribution in [1.82, 2.24) is 9.97 Å². The number of benzene rings is 1. The fourth-order valence-electron chi connectivity index (χ4n) is 1.30. The minimum absolute atomic E-state index is 0.0246. The maximum absolute atomic E-state index is 11.6. The zero-order valence-corrected chi connectivity index (χ0v) is 12.2. The molecule has 8 heteroatoms. The second-order valence-electron chi connectivity index (χ2n) is 3.63. The first kappa shape index (κ1) is 14.8. The highest BCUT2D eigenvalue weighted by molar-refractivity contribution is 6.46. The predicted molar refractivity (Wildman–Crippen MR) is 77.3 cm³/mol. The monoisotopic (exact) mass is 331 g/mol. The van der Waals surface area contributed by atoms with Crippen LogP contribution in [0.5, 0.6) is 0 Å². The summed E-state index contributed by atoms with van der Waals surface area (Å²) >= 11 is 17.1. The Balaban J connectivity index is 1.95. The number of hydrogen-bond donors (Lipinski definition) is 1. The van der Waals surface area contributed by atoms with Crippen molar-refractivity contribution in [2.45, 2.75) is 6.61 Å². The van der Waals surface area contributed by atoms with Gasteiger partial charge < -0.3 is 4.74 Å². The maximum Gasteiger partial charge on any atom is 0.414 e. The van der Waals surface area contributed by atoms with Crippen molar-refractivity contribution < 1.29 is 9.53 Å². The molecule has 1 heterocycles. The van der Waals surface area contributed by atoms with Crippen molar-refractivity contribution in [1.29, 1.82) is 0 Å². The van der Waals surface area contributed by atoms with Gasteiger partial charge in [-0.25, -0.2) is 4.79 Å². The SMILES string of the molecule is O=C(Nc1nc(Cl)c(Cl)c(Cl)n1)OCc1ccccc1. The molecule has 0 bridgehead atoms. The summed E-state index contributed by atoms with van der Waals surface area (Å²) in [6.07, 6.45) is -0.719. The Bertz CT molecular complexity index is 600. The van der Waals surface area contributed by atoms with Crippen LogP contribution in [-0.2, 0) is 11.3 Å². The molecule has 0 saturated carbocycles. The Morgan fingerprint density at radius 3 is 2.30 bits per heavy atom. The van der Waals surface area contributed by atoms with E-state index in [4.69, 9.17) is 39.5 Å². The molecule has 0 aliphatic rings. The summed E-state index contributed by atoms with van der Waals surface area (Å²) in [5.74, 6) is -0.0811. The van der Waals surface area contributed by atoms with Crippen molar-refractivity contribution in [2.75, 3.05) is 5.32 Å². The smallest absolute Gasteiger partial charge is 0.414 e. The number of nitrogens with zero attached hydrogens (tertiary/aromatic N) is 2. The summed E-state index contributed by atoms with van der Waals surface area (Å²) in [7, 11) is 0. The first-order chi connectivity index (χ1) is 9.56. The van der Waals surface area contributed by atoms with Gasteiger partial charge in [0, 0.05) is 0 Å². The summed E-state index contributed by atoms with van der Waals surface area (Å²) in [6, 6.07) is 9.23. The Kier molecular flexibility index (Phi) is 5.00. The predicted octanol–water partition coefficient (Wildman–Crippen LogP) is 4.19. The summed E-state index contributed by atoms with van der Waals surface area (Å²) in [4.78, 5) is 19.1. The zero-order valence-electron chi connectivity index (χ0n) is 9.94. The molecule has 0 aliphatic carbocycles. The van der Waals surface area contributed by atoms with Gasteiger partial charge in [-0.1, -0.05) is 65.1 Å². The largest absolute Gasteiger partial charge is 0.444 e. The van der Waals surface area contributed by atoms with E-state index in [9.17, 15) is 4.79 Å². The number of anilines is 1. The Labute approximate surface area is 129 Å². The Morgan fingerprint density at radius 1 is 1.10 bits per heavy atom. The van der Waals surface area contributed by atoms with Gasteiger partial charge in [0.2, 0.25) is 5.95 Å². The van der Waals surface area contributed by atoms with Crippen molar-refractivity contribution in [3.8, 4) is 0 Å². The van der Waals surface area contributed by atoms with Crippen LogP contribution in [0.15, 0.2) is 30.3 Å². The molecule has 0 fully saturated rings. The van der Waals surface area contributed by atoms with Gasteiger partial charge in [-0.3, -0.25) is 5.32 Å². The van der Waals surface area contributed by atoms with E-state index in [1.807, 2.05) is 30.3 Å². The zero-order chi connectivity index (χ0) is 14.5. The van der Waals surface area contributed by atoms with Crippen molar-refractivity contribution >= 4 is 46.8 Å². The van der Waals surface area contributed by atoms with Gasteiger partial charge in [-0.15, -0.1) is 0 Å². The summed E-state index contributed by atoms with van der Waals surface area (Å²) in [6.45, 7) is 0.127. The van der Waals surface area contributed by atoms with E-state index >= 15 is 0 Å². The number of carbonyl (C=O) groups excluding carboxylic acids is 1. The van der Waals surface area contributed by atoms with E-state index in [0.29, 0.717) is 0 Å². The molecule has 1 N–H and O–H groups in total. The van der Waals surface area contributed by atoms with E-state index in [1.165, 1.54) is 0 Å². The van der Waals surface area contributed by atoms with E-state index in [1.54, 1.807) is 0 Å². The van der Waals surface area contributed by atoms with Crippen LogP contribution >= 0.6 is 34.8 Å². The fraction of sp³-hybridized carbons (Fsp3) is 0.0833. The molecule has 20 heavy (non-hydrogen) atoms. The van der Waals surface area contributed by atoms with Gasteiger partial charge >= 0.3 is 6.09 Å². The van der Waals surface area contributed by atoms with Gasteiger partial charge in [0.1, 0.15) is 11.6 Å². The molecule has 0 aliphatic heterocycles. The summed E-state index contributed by atoms with van der Waals surface area (Å²) < 4.78 is 4.99. The first-order valence-electron chi connectivity index (χ1n) is 5.42. The minimum Gasteiger partial charge on any atom is -0.444 e. The molecule has 2 rings (SSSR count). The standard InChI is InChI=1S/C12H8Cl3N3O2/c13-8-9(14)16-11(17-10(8)15)18-12(19)20-6-7-4-2-1-3-5-7/h1-5H,6H2,(H,16,17,18,19). The highest BCUT2D eigenvalue weighted by atomic mass is 35.5. The molecule has 1 aromatic carbocycles. The van der Waals surface area contributed by atoms with Gasteiger partial charge in [0.05, 0.1) is 0 Å². The molecular weight excluding hydrogens is 325 g/mol. The van der Waals surface area contributed by atoms with E-state index < -0.39 is 6.09 Å². The van der Waals surface area contributed by atoms with E-state index in [2.05, 4.69) is 15.3 Å². The Morgan fingerprint density at radius 2 is 1.70 bits per heavy atom. The van der Waals surface area contributed by atoms with Crippen LogP contribution < -0.4 is 5.32 Å². The normalized spacial score (nSPS) is 10.2. The maximum atomic E-state index is 11.6. The molecule has 1 amide bonds. The number of rotatable bonds is 3. The third-order valence-corrected chi connectivity index (χ3v) is 3.30. The summed E-state index contributed by atoms with van der Waals surface area (Å²) in [5.41, 5.74) is 0.857. The number of amides is 1. The number of nitrogens with one attached hydrogen (secondary N) is 1. The van der Waals surface area contributed by atoms with Crippen molar-refractivity contribution in [2.24, 2.45) is 0 Å². The summed E-state index contributed by atoms with van der Waals surface area (Å²) in [5, 5.41) is 2.23. The van der Waals surface area contributed by atoms with Gasteiger partial charge in [0.15, 0.2) is 10.3 Å². The topological polar surface area (TPSA) is 64.1 Å². The van der Waals surface area contributed by atoms with E-state index in [0.717, 1.165) is 5.56 Å². The fourth-order valence-corrected chi connectivity index (χ4v) is 1.77. The quantitative estimate of drug-likeness (QED) is 0.856. The van der Waals surface area contributed by atoms with Crippen LogP contribution in [0.4, 0.5) is 10.7 Å². The second kappa shape index (κ2) is 6.74. The van der Waals surface area contributed by atoms with Crippen LogP contribution in [0.1, 0.15) is 5.56 Å². The molecule has 2 aromatic rings. The van der Waals surface area contributed by atoms with Crippen molar-refractivity contribution in [3.63, 3.8) is 0 Å². The van der Waals surface area contributed by atoms with Crippen molar-refractivity contribution in [3.05, 3.63) is 51.2 Å². The number of carbonyl (C=O) groups is 1. The van der Waals surface area contributed by atoms with Gasteiger partial charge in [0.25, 0.3) is 0 Å². The number of ether oxygens (including phenoxy) is 1. The third kappa shape index (κ3) is 3.96. The number of aromatic nitrogens is 2. The van der Waals surface area contributed by atoms with Crippen LogP contribution in [-0.4, -0.2) is 16.1 Å². The molecule has 0 unspecified atom stereocenters. The van der Waals surface area contributed by atoms with Gasteiger partial charge in [-0.05, 0) is 5.56 Å². The molecule has 0 spiro atoms. The van der Waals surface area contributed by atoms with Crippen LogP contribution in [0.3, 0.4) is 0 Å². The molecule has 0 atom stereocenters. The number of hydrogen-bond acceptors (Lipinski definition) is 4. The molecular formula is C12H8Cl3N3O2. The third-order valence-electron chi connectivity index (χ3n) is 2.20. The molecule has 0 radical (unpaired) electrons. The second-order valence-corrected chi connectivity index (χ2v) is 4.72. The first-order valence-corrected chi connectivity index (χ1v) is 6.56.